The highest BCUT2D eigenvalue weighted by molar-refractivity contribution is 9.10. The minimum atomic E-state index is -0.205. The molecule has 0 bridgehead atoms. The van der Waals surface area contributed by atoms with E-state index in [9.17, 15) is 4.79 Å². The molecule has 0 saturated heterocycles. The molecule has 0 aliphatic heterocycles. The molecule has 3 N–H and O–H groups in total. The van der Waals surface area contributed by atoms with Gasteiger partial charge in [-0.15, -0.1) is 0 Å². The van der Waals surface area contributed by atoms with Gasteiger partial charge in [0, 0.05) is 22.4 Å². The highest BCUT2D eigenvalue weighted by Gasteiger charge is 2.28. The Morgan fingerprint density at radius 3 is 3.00 bits per heavy atom. The Morgan fingerprint density at radius 2 is 2.26 bits per heavy atom. The molecule has 4 nitrogen and oxygen atoms in total. The molecule has 3 rings (SSSR count). The number of halogens is 1. The van der Waals surface area contributed by atoms with Crippen LogP contribution >= 0.6 is 15.9 Å². The normalized spacial score (nSPS) is 16.5. The van der Waals surface area contributed by atoms with Crippen LogP contribution in [0.15, 0.2) is 33.2 Å². The molecule has 2 aromatic rings. The molecule has 1 saturated carbocycles. The smallest absolute Gasteiger partial charge is 0.287 e. The molecule has 1 amide bonds. The summed E-state index contributed by atoms with van der Waals surface area (Å²) in [6.45, 7) is 0.504. The van der Waals surface area contributed by atoms with E-state index in [4.69, 9.17) is 10.2 Å². The van der Waals surface area contributed by atoms with Gasteiger partial charge in [0.25, 0.3) is 5.91 Å². The van der Waals surface area contributed by atoms with E-state index in [0.29, 0.717) is 23.8 Å². The maximum atomic E-state index is 12.0. The molecular weight excluding hydrogens is 308 g/mol. The quantitative estimate of drug-likeness (QED) is 0.909. The van der Waals surface area contributed by atoms with Crippen LogP contribution in [0.4, 0.5) is 0 Å². The van der Waals surface area contributed by atoms with E-state index in [-0.39, 0.29) is 11.9 Å². The fraction of sp³-hybridized carbons (Fsp3) is 0.357. The summed E-state index contributed by atoms with van der Waals surface area (Å²) in [5.41, 5.74) is 6.66. The van der Waals surface area contributed by atoms with Gasteiger partial charge in [0.2, 0.25) is 0 Å². The second-order valence-electron chi connectivity index (χ2n) is 5.00. The first-order chi connectivity index (χ1) is 9.13. The zero-order valence-corrected chi connectivity index (χ0v) is 11.9. The number of benzene rings is 1. The molecule has 1 aromatic carbocycles. The molecular formula is C14H15BrN2O2. The number of fused-ring (bicyclic) bond motifs is 1. The highest BCUT2D eigenvalue weighted by Crippen LogP contribution is 2.31. The molecule has 19 heavy (non-hydrogen) atoms. The molecule has 100 valence electrons. The lowest BCUT2D eigenvalue weighted by molar-refractivity contribution is 0.0925. The third-order valence-electron chi connectivity index (χ3n) is 3.43. The lowest BCUT2D eigenvalue weighted by Gasteiger charge is -2.10. The fourth-order valence-electron chi connectivity index (χ4n) is 2.11. The third kappa shape index (κ3) is 2.82. The van der Waals surface area contributed by atoms with Gasteiger partial charge in [-0.1, -0.05) is 15.9 Å². The van der Waals surface area contributed by atoms with Crippen molar-refractivity contribution in [2.45, 2.75) is 18.9 Å². The van der Waals surface area contributed by atoms with Crippen molar-refractivity contribution < 1.29 is 9.21 Å². The number of carbonyl (C=O) groups is 1. The van der Waals surface area contributed by atoms with Crippen LogP contribution in [0, 0.1) is 5.92 Å². The fourth-order valence-corrected chi connectivity index (χ4v) is 2.49. The van der Waals surface area contributed by atoms with Crippen molar-refractivity contribution >= 4 is 32.8 Å². The average molecular weight is 323 g/mol. The van der Waals surface area contributed by atoms with E-state index in [0.717, 1.165) is 9.86 Å². The summed E-state index contributed by atoms with van der Waals surface area (Å²) in [6, 6.07) is 7.45. The van der Waals surface area contributed by atoms with Gasteiger partial charge < -0.3 is 15.5 Å². The van der Waals surface area contributed by atoms with Crippen LogP contribution in [0.3, 0.4) is 0 Å². The van der Waals surface area contributed by atoms with Crippen LogP contribution in [-0.2, 0) is 0 Å². The average Bonchev–Trinajstić information content (AvgIpc) is 3.15. The Morgan fingerprint density at radius 1 is 1.47 bits per heavy atom. The lowest BCUT2D eigenvalue weighted by atomic mass is 10.2. The third-order valence-corrected chi connectivity index (χ3v) is 3.92. The maximum Gasteiger partial charge on any atom is 0.287 e. The highest BCUT2D eigenvalue weighted by atomic mass is 79.9. The predicted molar refractivity (Wildman–Crippen MR) is 76.9 cm³/mol. The van der Waals surface area contributed by atoms with Crippen molar-refractivity contribution in [3.05, 3.63) is 34.5 Å². The first kappa shape index (κ1) is 12.7. The second-order valence-corrected chi connectivity index (χ2v) is 5.92. The van der Waals surface area contributed by atoms with E-state index in [1.165, 1.54) is 12.8 Å². The minimum absolute atomic E-state index is 0.0578. The van der Waals surface area contributed by atoms with Crippen LogP contribution in [0.5, 0.6) is 0 Å². The Kier molecular flexibility index (Phi) is 3.33. The number of hydrogen-bond acceptors (Lipinski definition) is 3. The second kappa shape index (κ2) is 4.98. The van der Waals surface area contributed by atoms with Crippen LogP contribution < -0.4 is 11.1 Å². The number of rotatable bonds is 4. The van der Waals surface area contributed by atoms with Crippen LogP contribution in [-0.4, -0.2) is 18.5 Å². The minimum Gasteiger partial charge on any atom is -0.451 e. The molecule has 1 heterocycles. The Balaban J connectivity index is 1.70. The van der Waals surface area contributed by atoms with Crippen LogP contribution in [0.2, 0.25) is 0 Å². The predicted octanol–water partition coefficient (Wildman–Crippen LogP) is 2.66. The van der Waals surface area contributed by atoms with E-state index in [1.807, 2.05) is 18.2 Å². The van der Waals surface area contributed by atoms with Crippen molar-refractivity contribution in [2.75, 3.05) is 6.54 Å². The molecule has 1 aliphatic carbocycles. The summed E-state index contributed by atoms with van der Waals surface area (Å²) in [5, 5.41) is 3.73. The number of hydrogen-bond donors (Lipinski definition) is 2. The van der Waals surface area contributed by atoms with Crippen molar-refractivity contribution in [3.63, 3.8) is 0 Å². The molecule has 5 heteroatoms. The van der Waals surface area contributed by atoms with Crippen LogP contribution in [0.25, 0.3) is 11.0 Å². The molecule has 1 aromatic heterocycles. The number of amides is 1. The van der Waals surface area contributed by atoms with Gasteiger partial charge in [-0.3, -0.25) is 4.79 Å². The standard InChI is InChI=1S/C14H15BrN2O2/c15-10-3-4-12-9(5-10)6-13(19-12)14(18)17-7-11(16)8-1-2-8/h3-6,8,11H,1-2,7,16H2,(H,17,18). The van der Waals surface area contributed by atoms with Gasteiger partial charge in [0.1, 0.15) is 5.58 Å². The summed E-state index contributed by atoms with van der Waals surface area (Å²) < 4.78 is 6.48. The van der Waals surface area contributed by atoms with Crippen LogP contribution in [0.1, 0.15) is 23.4 Å². The van der Waals surface area contributed by atoms with E-state index in [1.54, 1.807) is 6.07 Å². The van der Waals surface area contributed by atoms with Crippen molar-refractivity contribution in [1.82, 2.24) is 5.32 Å². The number of furan rings is 1. The molecule has 0 spiro atoms. The summed E-state index contributed by atoms with van der Waals surface area (Å²) in [7, 11) is 0. The molecule has 1 atom stereocenters. The first-order valence-electron chi connectivity index (χ1n) is 6.36. The van der Waals surface area contributed by atoms with Gasteiger partial charge >= 0.3 is 0 Å². The Hall–Kier alpha value is -1.33. The number of nitrogens with two attached hydrogens (primary N) is 1. The summed E-state index contributed by atoms with van der Waals surface area (Å²) in [5.74, 6) is 0.700. The lowest BCUT2D eigenvalue weighted by Crippen LogP contribution is -2.38. The van der Waals surface area contributed by atoms with Gasteiger partial charge in [-0.05, 0) is 43.0 Å². The van der Waals surface area contributed by atoms with Gasteiger partial charge in [0.15, 0.2) is 5.76 Å². The van der Waals surface area contributed by atoms with E-state index >= 15 is 0 Å². The van der Waals surface area contributed by atoms with Crippen molar-refractivity contribution in [3.8, 4) is 0 Å². The monoisotopic (exact) mass is 322 g/mol. The number of carbonyl (C=O) groups excluding carboxylic acids is 1. The zero-order valence-electron chi connectivity index (χ0n) is 10.4. The van der Waals surface area contributed by atoms with Gasteiger partial charge in [-0.25, -0.2) is 0 Å². The molecule has 1 aliphatic rings. The van der Waals surface area contributed by atoms with Gasteiger partial charge in [0.05, 0.1) is 0 Å². The van der Waals surface area contributed by atoms with E-state index < -0.39 is 0 Å². The van der Waals surface area contributed by atoms with Gasteiger partial charge in [-0.2, -0.15) is 0 Å². The summed E-state index contributed by atoms with van der Waals surface area (Å²) in [6.07, 6.45) is 2.35. The zero-order chi connectivity index (χ0) is 13.4. The Bertz CT molecular complexity index is 619. The SMILES string of the molecule is NC(CNC(=O)c1cc2cc(Br)ccc2o1)C1CC1. The number of nitrogens with one attached hydrogen (secondary N) is 1. The first-order valence-corrected chi connectivity index (χ1v) is 7.15. The maximum absolute atomic E-state index is 12.0. The Labute approximate surface area is 119 Å². The topological polar surface area (TPSA) is 68.3 Å². The van der Waals surface area contributed by atoms with E-state index in [2.05, 4.69) is 21.2 Å². The molecule has 0 radical (unpaired) electrons. The largest absolute Gasteiger partial charge is 0.451 e. The summed E-state index contributed by atoms with van der Waals surface area (Å²) >= 11 is 3.39. The van der Waals surface area contributed by atoms with Crippen molar-refractivity contribution in [2.24, 2.45) is 11.7 Å². The molecule has 1 unspecified atom stereocenters. The summed E-state index contributed by atoms with van der Waals surface area (Å²) in [4.78, 5) is 12.0. The van der Waals surface area contributed by atoms with Crippen molar-refractivity contribution in [1.29, 1.82) is 0 Å². The molecule has 1 fully saturated rings.